The molecular weight excluding hydrogens is 466 g/mol. The molecular formula is C26H31N3O3S2. The molecule has 2 aromatic heterocycles. The molecule has 0 aliphatic heterocycles. The van der Waals surface area contributed by atoms with Crippen LogP contribution in [0.2, 0.25) is 0 Å². The Morgan fingerprint density at radius 2 is 2.06 bits per heavy atom. The van der Waals surface area contributed by atoms with Crippen LogP contribution in [-0.2, 0) is 35.2 Å². The van der Waals surface area contributed by atoms with Gasteiger partial charge >= 0.3 is 5.97 Å². The standard InChI is InChI=1S/C26H31N3O3S2/c1-16-9-10-19-21(13-16)34-25(23(19)26(31)32-2)29-22(30)11-12-33-24-18(15-27)14-17-7-5-3-4-6-8-20(17)28-24/h14,16H,3-13H2,1-2H3,(H,29,30). The summed E-state index contributed by atoms with van der Waals surface area (Å²) < 4.78 is 5.01. The quantitative estimate of drug-likeness (QED) is 0.406. The minimum atomic E-state index is -0.389. The van der Waals surface area contributed by atoms with E-state index in [4.69, 9.17) is 9.72 Å². The van der Waals surface area contributed by atoms with Crippen LogP contribution in [0, 0.1) is 17.2 Å². The van der Waals surface area contributed by atoms with Gasteiger partial charge in [-0.1, -0.05) is 19.8 Å². The molecule has 2 heterocycles. The summed E-state index contributed by atoms with van der Waals surface area (Å²) >= 11 is 2.95. The number of nitrogens with zero attached hydrogens (tertiary/aromatic N) is 2. The zero-order chi connectivity index (χ0) is 24.1. The molecule has 0 saturated heterocycles. The molecule has 2 aliphatic carbocycles. The maximum absolute atomic E-state index is 12.8. The van der Waals surface area contributed by atoms with Gasteiger partial charge in [0, 0.05) is 22.7 Å². The van der Waals surface area contributed by atoms with Crippen molar-refractivity contribution in [3.8, 4) is 6.07 Å². The van der Waals surface area contributed by atoms with Crippen LogP contribution in [0.4, 0.5) is 5.00 Å². The van der Waals surface area contributed by atoms with Gasteiger partial charge in [-0.3, -0.25) is 4.79 Å². The first-order valence-electron chi connectivity index (χ1n) is 12.1. The number of amides is 1. The Balaban J connectivity index is 1.42. The van der Waals surface area contributed by atoms with Crippen molar-refractivity contribution in [2.24, 2.45) is 5.92 Å². The summed E-state index contributed by atoms with van der Waals surface area (Å²) in [6.45, 7) is 2.21. The number of pyridine rings is 1. The fourth-order valence-corrected chi connectivity index (χ4v) is 7.08. The van der Waals surface area contributed by atoms with Crippen LogP contribution in [0.3, 0.4) is 0 Å². The number of nitrogens with one attached hydrogen (secondary N) is 1. The van der Waals surface area contributed by atoms with Gasteiger partial charge in [0.2, 0.25) is 5.91 Å². The van der Waals surface area contributed by atoms with Crippen molar-refractivity contribution in [3.63, 3.8) is 0 Å². The van der Waals surface area contributed by atoms with Crippen molar-refractivity contribution < 1.29 is 14.3 Å². The summed E-state index contributed by atoms with van der Waals surface area (Å²) in [4.78, 5) is 31.2. The molecule has 0 aromatic carbocycles. The number of anilines is 1. The smallest absolute Gasteiger partial charge is 0.341 e. The zero-order valence-corrected chi connectivity index (χ0v) is 21.5. The lowest BCUT2D eigenvalue weighted by molar-refractivity contribution is -0.115. The molecule has 1 N–H and O–H groups in total. The summed E-state index contributed by atoms with van der Waals surface area (Å²) in [6, 6.07) is 4.28. The molecule has 1 amide bonds. The molecule has 0 saturated carbocycles. The average Bonchev–Trinajstić information content (AvgIpc) is 3.15. The summed E-state index contributed by atoms with van der Waals surface area (Å²) in [5.41, 5.74) is 4.45. The number of thiophene rings is 1. The van der Waals surface area contributed by atoms with E-state index in [-0.39, 0.29) is 18.3 Å². The third-order valence-electron chi connectivity index (χ3n) is 6.61. The third-order valence-corrected chi connectivity index (χ3v) is 8.77. The highest BCUT2D eigenvalue weighted by Gasteiger charge is 2.28. The number of thioether (sulfide) groups is 1. The van der Waals surface area contributed by atoms with Crippen molar-refractivity contribution >= 4 is 40.0 Å². The number of rotatable bonds is 6. The van der Waals surface area contributed by atoms with Gasteiger partial charge in [-0.25, -0.2) is 9.78 Å². The molecule has 2 aliphatic rings. The van der Waals surface area contributed by atoms with Crippen LogP contribution in [0.15, 0.2) is 11.1 Å². The first kappa shape index (κ1) is 24.7. The number of carbonyl (C=O) groups excluding carboxylic acids is 2. The fraction of sp³-hybridized carbons (Fsp3) is 0.538. The molecule has 1 unspecified atom stereocenters. The lowest BCUT2D eigenvalue weighted by Crippen LogP contribution is -2.16. The van der Waals surface area contributed by atoms with Crippen LogP contribution in [0.25, 0.3) is 0 Å². The molecule has 6 nitrogen and oxygen atoms in total. The van der Waals surface area contributed by atoms with E-state index in [2.05, 4.69) is 18.3 Å². The van der Waals surface area contributed by atoms with Gasteiger partial charge in [0.1, 0.15) is 16.1 Å². The van der Waals surface area contributed by atoms with Gasteiger partial charge in [-0.15, -0.1) is 23.1 Å². The van der Waals surface area contributed by atoms with E-state index in [0.717, 1.165) is 56.2 Å². The van der Waals surface area contributed by atoms with Crippen molar-refractivity contribution in [3.05, 3.63) is 38.9 Å². The molecule has 8 heteroatoms. The zero-order valence-electron chi connectivity index (χ0n) is 19.9. The predicted molar refractivity (Wildman–Crippen MR) is 136 cm³/mol. The Labute approximate surface area is 209 Å². The number of carbonyl (C=O) groups is 2. The summed E-state index contributed by atoms with van der Waals surface area (Å²) in [5, 5.41) is 13.9. The molecule has 0 spiro atoms. The predicted octanol–water partition coefficient (Wildman–Crippen LogP) is 5.71. The van der Waals surface area contributed by atoms with Crippen LogP contribution < -0.4 is 5.32 Å². The largest absolute Gasteiger partial charge is 0.465 e. The number of methoxy groups -OCH3 is 1. The van der Waals surface area contributed by atoms with Gasteiger partial charge < -0.3 is 10.1 Å². The van der Waals surface area contributed by atoms with Crippen LogP contribution in [-0.4, -0.2) is 29.7 Å². The fourth-order valence-electron chi connectivity index (χ4n) is 4.74. The normalized spacial score (nSPS) is 17.5. The number of esters is 1. The Bertz CT molecular complexity index is 1120. The first-order chi connectivity index (χ1) is 16.5. The molecule has 2 aromatic rings. The van der Waals surface area contributed by atoms with E-state index in [0.29, 0.717) is 32.8 Å². The average molecular weight is 498 g/mol. The lowest BCUT2D eigenvalue weighted by atomic mass is 9.88. The molecule has 1 atom stereocenters. The van der Waals surface area contributed by atoms with E-state index >= 15 is 0 Å². The molecule has 180 valence electrons. The molecule has 0 fully saturated rings. The Morgan fingerprint density at radius 3 is 2.82 bits per heavy atom. The van der Waals surface area contributed by atoms with Crippen molar-refractivity contribution in [1.29, 1.82) is 5.26 Å². The lowest BCUT2D eigenvalue weighted by Gasteiger charge is -2.18. The summed E-state index contributed by atoms with van der Waals surface area (Å²) in [5.74, 6) is 0.556. The second-order valence-corrected chi connectivity index (χ2v) is 11.4. The maximum Gasteiger partial charge on any atom is 0.341 e. The van der Waals surface area contributed by atoms with Crippen molar-refractivity contribution in [1.82, 2.24) is 4.98 Å². The summed E-state index contributed by atoms with van der Waals surface area (Å²) in [7, 11) is 1.38. The SMILES string of the molecule is COC(=O)c1c(NC(=O)CCSc2nc3c(cc2C#N)CCCCCC3)sc2c1CCC(C)C2. The first-order valence-corrected chi connectivity index (χ1v) is 13.9. The Kier molecular flexibility index (Phi) is 8.28. The Hall–Kier alpha value is -2.37. The highest BCUT2D eigenvalue weighted by molar-refractivity contribution is 7.99. The monoisotopic (exact) mass is 497 g/mol. The van der Waals surface area contributed by atoms with Gasteiger partial charge in [0.15, 0.2) is 0 Å². The third kappa shape index (κ3) is 5.64. The van der Waals surface area contributed by atoms with E-state index in [1.165, 1.54) is 53.5 Å². The highest BCUT2D eigenvalue weighted by atomic mass is 32.2. The van der Waals surface area contributed by atoms with E-state index in [1.807, 2.05) is 6.07 Å². The number of ether oxygens (including phenoxy) is 1. The number of aromatic nitrogens is 1. The van der Waals surface area contributed by atoms with Gasteiger partial charge in [0.25, 0.3) is 0 Å². The second-order valence-electron chi connectivity index (χ2n) is 9.17. The minimum Gasteiger partial charge on any atom is -0.465 e. The number of hydrogen-bond donors (Lipinski definition) is 1. The number of hydrogen-bond acceptors (Lipinski definition) is 7. The highest BCUT2D eigenvalue weighted by Crippen LogP contribution is 2.40. The number of aryl methyl sites for hydroxylation is 2. The van der Waals surface area contributed by atoms with E-state index in [9.17, 15) is 14.9 Å². The van der Waals surface area contributed by atoms with Crippen LogP contribution in [0.5, 0.6) is 0 Å². The van der Waals surface area contributed by atoms with Gasteiger partial charge in [-0.2, -0.15) is 5.26 Å². The number of fused-ring (bicyclic) bond motifs is 2. The van der Waals surface area contributed by atoms with Crippen molar-refractivity contribution in [2.45, 2.75) is 76.2 Å². The molecule has 34 heavy (non-hydrogen) atoms. The second kappa shape index (κ2) is 11.4. The van der Waals surface area contributed by atoms with Crippen LogP contribution in [0.1, 0.15) is 83.1 Å². The Morgan fingerprint density at radius 1 is 1.26 bits per heavy atom. The minimum absolute atomic E-state index is 0.144. The molecule has 4 rings (SSSR count). The van der Waals surface area contributed by atoms with Gasteiger partial charge in [0.05, 0.1) is 18.2 Å². The van der Waals surface area contributed by atoms with Crippen LogP contribution >= 0.6 is 23.1 Å². The van der Waals surface area contributed by atoms with Crippen molar-refractivity contribution in [2.75, 3.05) is 18.2 Å². The molecule has 0 bridgehead atoms. The number of nitriles is 1. The van der Waals surface area contributed by atoms with E-state index < -0.39 is 0 Å². The maximum atomic E-state index is 12.8. The molecule has 0 radical (unpaired) electrons. The van der Waals surface area contributed by atoms with E-state index in [1.54, 1.807) is 0 Å². The summed E-state index contributed by atoms with van der Waals surface area (Å²) in [6.07, 6.45) is 9.74. The topological polar surface area (TPSA) is 92.1 Å². The van der Waals surface area contributed by atoms with Gasteiger partial charge in [-0.05, 0) is 68.1 Å².